The van der Waals surface area contributed by atoms with Crippen LogP contribution < -0.4 is 5.32 Å². The lowest BCUT2D eigenvalue weighted by Crippen LogP contribution is -2.06. The number of nitrogens with zero attached hydrogens (tertiary/aromatic N) is 2. The second-order valence-electron chi connectivity index (χ2n) is 4.34. The molecule has 0 fully saturated rings. The lowest BCUT2D eigenvalue weighted by atomic mass is 10.1. The van der Waals surface area contributed by atoms with Gasteiger partial charge in [-0.1, -0.05) is 12.2 Å². The zero-order valence-electron chi connectivity index (χ0n) is 11.3. The number of carbonyl (C=O) groups excluding carboxylic acids is 1. The van der Waals surface area contributed by atoms with Crippen molar-refractivity contribution in [1.29, 1.82) is 0 Å². The Morgan fingerprint density at radius 3 is 2.29 bits per heavy atom. The van der Waals surface area contributed by atoms with Gasteiger partial charge in [0.15, 0.2) is 0 Å². The fourth-order valence-corrected chi connectivity index (χ4v) is 1.66. The summed E-state index contributed by atoms with van der Waals surface area (Å²) in [6.07, 6.45) is 5.30. The van der Waals surface area contributed by atoms with Gasteiger partial charge < -0.3 is 5.32 Å². The van der Waals surface area contributed by atoms with Crippen LogP contribution in [0.1, 0.15) is 18.1 Å². The van der Waals surface area contributed by atoms with Gasteiger partial charge in [0.2, 0.25) is 5.91 Å². The van der Waals surface area contributed by atoms with Crippen molar-refractivity contribution < 1.29 is 9.72 Å². The molecule has 1 N–H and O–H groups in total. The van der Waals surface area contributed by atoms with E-state index in [2.05, 4.69) is 10.3 Å². The lowest BCUT2D eigenvalue weighted by Gasteiger charge is -2.00. The summed E-state index contributed by atoms with van der Waals surface area (Å²) in [7, 11) is 0. The van der Waals surface area contributed by atoms with Crippen molar-refractivity contribution in [2.24, 2.45) is 0 Å². The number of benzene rings is 1. The standard InChI is InChI=1S/C15H13N3O3/c1-11(19)17-15-9-6-13(10-16-15)3-2-12-4-7-14(8-5-12)18(20)21/h2-10H,1H3,(H,16,17,19)/b3-2+. The van der Waals surface area contributed by atoms with Crippen molar-refractivity contribution in [3.63, 3.8) is 0 Å². The van der Waals surface area contributed by atoms with Gasteiger partial charge in [-0.15, -0.1) is 0 Å². The molecule has 0 saturated heterocycles. The van der Waals surface area contributed by atoms with Crippen LogP contribution in [0.5, 0.6) is 0 Å². The van der Waals surface area contributed by atoms with Gasteiger partial charge in [0.05, 0.1) is 4.92 Å². The van der Waals surface area contributed by atoms with Crippen molar-refractivity contribution in [3.8, 4) is 0 Å². The summed E-state index contributed by atoms with van der Waals surface area (Å²) < 4.78 is 0. The molecule has 0 aliphatic rings. The largest absolute Gasteiger partial charge is 0.311 e. The molecule has 0 radical (unpaired) electrons. The molecule has 0 atom stereocenters. The number of rotatable bonds is 4. The Morgan fingerprint density at radius 1 is 1.14 bits per heavy atom. The highest BCUT2D eigenvalue weighted by atomic mass is 16.6. The second kappa shape index (κ2) is 6.42. The molecule has 0 aliphatic heterocycles. The van der Waals surface area contributed by atoms with E-state index in [4.69, 9.17) is 0 Å². The number of non-ortho nitro benzene ring substituents is 1. The molecule has 21 heavy (non-hydrogen) atoms. The van der Waals surface area contributed by atoms with Crippen LogP contribution in [0.25, 0.3) is 12.2 Å². The van der Waals surface area contributed by atoms with Gasteiger partial charge in [-0.3, -0.25) is 14.9 Å². The van der Waals surface area contributed by atoms with Crippen LogP contribution in [0, 0.1) is 10.1 Å². The van der Waals surface area contributed by atoms with E-state index in [-0.39, 0.29) is 11.6 Å². The van der Waals surface area contributed by atoms with E-state index in [1.54, 1.807) is 24.4 Å². The van der Waals surface area contributed by atoms with E-state index in [0.29, 0.717) is 5.82 Å². The predicted molar refractivity (Wildman–Crippen MR) is 80.6 cm³/mol. The third kappa shape index (κ3) is 4.24. The molecule has 0 bridgehead atoms. The maximum atomic E-state index is 10.9. The summed E-state index contributed by atoms with van der Waals surface area (Å²) in [5, 5.41) is 13.1. The molecule has 6 nitrogen and oxygen atoms in total. The number of anilines is 1. The summed E-state index contributed by atoms with van der Waals surface area (Å²) in [5.74, 6) is 0.326. The minimum absolute atomic E-state index is 0.0634. The molecule has 0 aliphatic carbocycles. The van der Waals surface area contributed by atoms with Crippen molar-refractivity contribution >= 4 is 29.6 Å². The number of hydrogen-bond donors (Lipinski definition) is 1. The van der Waals surface area contributed by atoms with Crippen LogP contribution in [0.3, 0.4) is 0 Å². The molecular formula is C15H13N3O3. The topological polar surface area (TPSA) is 85.1 Å². The first-order valence-corrected chi connectivity index (χ1v) is 6.21. The number of nitro benzene ring substituents is 1. The van der Waals surface area contributed by atoms with E-state index >= 15 is 0 Å². The number of hydrogen-bond acceptors (Lipinski definition) is 4. The minimum atomic E-state index is -0.432. The third-order valence-electron chi connectivity index (χ3n) is 2.66. The quantitative estimate of drug-likeness (QED) is 0.690. The summed E-state index contributed by atoms with van der Waals surface area (Å²) in [4.78, 5) is 25.1. The molecular weight excluding hydrogens is 270 g/mol. The first-order chi connectivity index (χ1) is 10.0. The average molecular weight is 283 g/mol. The highest BCUT2D eigenvalue weighted by Crippen LogP contribution is 2.14. The molecule has 1 aromatic heterocycles. The van der Waals surface area contributed by atoms with Gasteiger partial charge in [0.1, 0.15) is 5.82 Å². The van der Waals surface area contributed by atoms with Gasteiger partial charge >= 0.3 is 0 Å². The van der Waals surface area contributed by atoms with Gasteiger partial charge in [-0.05, 0) is 35.4 Å². The van der Waals surface area contributed by atoms with Crippen LogP contribution in [0.4, 0.5) is 11.5 Å². The Balaban J connectivity index is 2.06. The summed E-state index contributed by atoms with van der Waals surface area (Å²) in [6.45, 7) is 1.42. The number of nitrogens with one attached hydrogen (secondary N) is 1. The van der Waals surface area contributed by atoms with Gasteiger partial charge in [-0.2, -0.15) is 0 Å². The van der Waals surface area contributed by atoms with Crippen molar-refractivity contribution in [1.82, 2.24) is 4.98 Å². The third-order valence-corrected chi connectivity index (χ3v) is 2.66. The molecule has 1 heterocycles. The molecule has 2 rings (SSSR count). The molecule has 0 unspecified atom stereocenters. The molecule has 106 valence electrons. The average Bonchev–Trinajstić information content (AvgIpc) is 2.46. The molecule has 2 aromatic rings. The zero-order chi connectivity index (χ0) is 15.2. The van der Waals surface area contributed by atoms with E-state index in [1.807, 2.05) is 18.2 Å². The number of carbonyl (C=O) groups is 1. The van der Waals surface area contributed by atoms with Gasteiger partial charge in [0, 0.05) is 25.3 Å². The van der Waals surface area contributed by atoms with Crippen LogP contribution in [0.2, 0.25) is 0 Å². The molecule has 1 amide bonds. The summed E-state index contributed by atoms with van der Waals surface area (Å²) >= 11 is 0. The maximum Gasteiger partial charge on any atom is 0.269 e. The fraction of sp³-hybridized carbons (Fsp3) is 0.0667. The van der Waals surface area contributed by atoms with Crippen LogP contribution in [-0.2, 0) is 4.79 Å². The van der Waals surface area contributed by atoms with Gasteiger partial charge in [0.25, 0.3) is 5.69 Å². The Hall–Kier alpha value is -3.02. The summed E-state index contributed by atoms with van der Waals surface area (Å²) in [6, 6.07) is 9.79. The van der Waals surface area contributed by atoms with Crippen molar-refractivity contribution in [2.75, 3.05) is 5.32 Å². The molecule has 0 spiro atoms. The Bertz CT molecular complexity index is 676. The monoisotopic (exact) mass is 283 g/mol. The second-order valence-corrected chi connectivity index (χ2v) is 4.34. The maximum absolute atomic E-state index is 10.9. The predicted octanol–water partition coefficient (Wildman–Crippen LogP) is 3.12. The number of aromatic nitrogens is 1. The lowest BCUT2D eigenvalue weighted by molar-refractivity contribution is -0.384. The van der Waals surface area contributed by atoms with Crippen LogP contribution in [0.15, 0.2) is 42.6 Å². The smallest absolute Gasteiger partial charge is 0.269 e. The number of nitro groups is 1. The van der Waals surface area contributed by atoms with E-state index in [1.165, 1.54) is 19.1 Å². The highest BCUT2D eigenvalue weighted by Gasteiger charge is 2.02. The minimum Gasteiger partial charge on any atom is -0.311 e. The Morgan fingerprint density at radius 2 is 1.76 bits per heavy atom. The summed E-state index contributed by atoms with van der Waals surface area (Å²) in [5.41, 5.74) is 1.78. The molecule has 6 heteroatoms. The first-order valence-electron chi connectivity index (χ1n) is 6.21. The van der Waals surface area contributed by atoms with E-state index in [9.17, 15) is 14.9 Å². The molecule has 0 saturated carbocycles. The van der Waals surface area contributed by atoms with Gasteiger partial charge in [-0.25, -0.2) is 4.98 Å². The SMILES string of the molecule is CC(=O)Nc1ccc(/C=C/c2ccc([N+](=O)[O-])cc2)cn1. The highest BCUT2D eigenvalue weighted by molar-refractivity contribution is 5.87. The fourth-order valence-electron chi connectivity index (χ4n) is 1.66. The van der Waals surface area contributed by atoms with Crippen molar-refractivity contribution in [3.05, 3.63) is 63.8 Å². The van der Waals surface area contributed by atoms with E-state index in [0.717, 1.165) is 11.1 Å². The number of amides is 1. The number of pyridine rings is 1. The molecule has 1 aromatic carbocycles. The Labute approximate surface area is 121 Å². The Kier molecular flexibility index (Phi) is 4.40. The van der Waals surface area contributed by atoms with E-state index < -0.39 is 4.92 Å². The normalized spacial score (nSPS) is 10.5. The van der Waals surface area contributed by atoms with Crippen LogP contribution >= 0.6 is 0 Å². The van der Waals surface area contributed by atoms with Crippen LogP contribution in [-0.4, -0.2) is 15.8 Å². The van der Waals surface area contributed by atoms with Crippen molar-refractivity contribution in [2.45, 2.75) is 6.92 Å². The first kappa shape index (κ1) is 14.4. The zero-order valence-corrected chi connectivity index (χ0v) is 11.3.